The Labute approximate surface area is 471 Å². The Morgan fingerprint density at radius 1 is 0.622 bits per heavy atom. The molecule has 6 aromatic rings. The number of urea groups is 2. The summed E-state index contributed by atoms with van der Waals surface area (Å²) in [6.45, 7) is 12.3. The van der Waals surface area contributed by atoms with Crippen molar-refractivity contribution in [3.8, 4) is 34.3 Å². The maximum absolute atomic E-state index is 16.4. The number of amides is 6. The quantitative estimate of drug-likeness (QED) is 0.0903. The van der Waals surface area contributed by atoms with Crippen LogP contribution in [0.5, 0.6) is 11.8 Å². The Hall–Kier alpha value is -8.64. The van der Waals surface area contributed by atoms with E-state index in [1.54, 1.807) is 52.4 Å². The van der Waals surface area contributed by atoms with E-state index in [0.29, 0.717) is 74.0 Å². The molecule has 4 aromatic heterocycles. The van der Waals surface area contributed by atoms with Gasteiger partial charge in [0.2, 0.25) is 23.7 Å². The molecule has 0 radical (unpaired) electrons. The van der Waals surface area contributed by atoms with Gasteiger partial charge in [0.05, 0.1) is 98.3 Å². The maximum atomic E-state index is 16.4. The summed E-state index contributed by atoms with van der Waals surface area (Å²) in [5, 5.41) is 10.6. The van der Waals surface area contributed by atoms with E-state index < -0.39 is 40.8 Å². The maximum Gasteiger partial charge on any atom is 0.323 e. The second-order valence-corrected chi connectivity index (χ2v) is 22.3. The number of hydrogen-bond acceptors (Lipinski definition) is 16. The number of aromatic nitrogens is 6. The number of nitrogens with one attached hydrogen (secondary N) is 4. The lowest BCUT2D eigenvalue weighted by Crippen LogP contribution is -2.47. The molecule has 4 saturated heterocycles. The first kappa shape index (κ1) is 54.0. The number of benzene rings is 2. The van der Waals surface area contributed by atoms with Crippen molar-refractivity contribution in [2.24, 2.45) is 0 Å². The second kappa shape index (κ2) is 21.7. The summed E-state index contributed by atoms with van der Waals surface area (Å²) in [7, 11) is 0. The van der Waals surface area contributed by atoms with Crippen LogP contribution in [-0.4, -0.2) is 152 Å². The topological polar surface area (TPSA) is 244 Å². The fraction of sp³-hybridized carbons (Fsp3) is 0.414. The molecule has 82 heavy (non-hydrogen) atoms. The first-order valence-electron chi connectivity index (χ1n) is 27.7. The Balaban J connectivity index is 0.799. The van der Waals surface area contributed by atoms with Gasteiger partial charge in [0, 0.05) is 54.4 Å². The first-order valence-corrected chi connectivity index (χ1v) is 27.7. The predicted octanol–water partition coefficient (Wildman–Crippen LogP) is 8.18. The smallest absolute Gasteiger partial charge is 0.323 e. The summed E-state index contributed by atoms with van der Waals surface area (Å²) >= 11 is 0. The van der Waals surface area contributed by atoms with E-state index in [1.807, 2.05) is 34.6 Å². The molecule has 0 saturated carbocycles. The van der Waals surface area contributed by atoms with Crippen molar-refractivity contribution in [1.82, 2.24) is 39.7 Å². The Bertz CT molecular complexity index is 3470. The van der Waals surface area contributed by atoms with Gasteiger partial charge in [-0.05, 0) is 109 Å². The predicted molar refractivity (Wildman–Crippen MR) is 299 cm³/mol. The van der Waals surface area contributed by atoms with E-state index in [-0.39, 0.29) is 101 Å². The van der Waals surface area contributed by atoms with Crippen molar-refractivity contribution in [3.05, 3.63) is 108 Å². The van der Waals surface area contributed by atoms with Crippen LogP contribution in [-0.2, 0) is 15.9 Å². The molecule has 6 aliphatic rings. The third-order valence-electron chi connectivity index (χ3n) is 15.8. The number of likely N-dealkylation sites (N-methyl/N-ethyl adjacent to an activating group) is 2. The van der Waals surface area contributed by atoms with Crippen LogP contribution in [0.4, 0.5) is 53.0 Å². The molecule has 12 rings (SSSR count). The van der Waals surface area contributed by atoms with Gasteiger partial charge in [-0.15, -0.1) is 0 Å². The van der Waals surface area contributed by atoms with Crippen LogP contribution in [0, 0.1) is 11.6 Å². The fourth-order valence-corrected chi connectivity index (χ4v) is 12.0. The van der Waals surface area contributed by atoms with Crippen LogP contribution < -0.4 is 40.5 Å². The van der Waals surface area contributed by atoms with Crippen LogP contribution in [0.3, 0.4) is 0 Å². The van der Waals surface area contributed by atoms with Gasteiger partial charge >= 0.3 is 12.1 Å². The SMILES string of the molecule is CCN1CC(C)(C)Oc2nc(N3C4CCC3COC4)nc(-c3ccc(NC(=O)Nc4ccnc(CC5(C)CN(CC)C(=O)c6c(nc(N7C8CCC7COC8)nc6-c6ccc(NC(=O)Nc7cccnc7)c(F)c6)O5)c4)c(F)c3)c2C1=O. The number of carbonyl (C=O) groups excluding carboxylic acids is 4. The number of rotatable bonds is 12. The van der Waals surface area contributed by atoms with Crippen LogP contribution in [0.25, 0.3) is 22.5 Å². The summed E-state index contributed by atoms with van der Waals surface area (Å²) in [6.07, 6.45) is 8.14. The van der Waals surface area contributed by atoms with Crippen molar-refractivity contribution in [1.29, 1.82) is 0 Å². The number of anilines is 6. The molecule has 426 valence electrons. The van der Waals surface area contributed by atoms with E-state index >= 15 is 8.78 Å². The average molecular weight is 1120 g/mol. The number of carbonyl (C=O) groups is 4. The van der Waals surface area contributed by atoms with Gasteiger partial charge in [-0.2, -0.15) is 9.97 Å². The van der Waals surface area contributed by atoms with E-state index in [1.165, 1.54) is 36.7 Å². The standard InChI is InChI=1S/C58H62F2N14O8/c1-6-71-30-57(3,4)81-49-45(51(71)75)47(67-53(69-49)73-37-12-13-38(73)27-79-26-37)32-10-16-43(41(59)21-32)65-55(77)63-34-18-20-62-36(23-34)24-58(5)31-72(7-2)52(76)46-48(68-54(70-50(46)82-58)74-39-14-15-40(74)29-80-28-39)33-11-17-44(42(60)22-33)66-56(78)64-35-9-8-19-61-25-35/h8-11,16-23,25,37-40H,6-7,12-15,24,26-31H2,1-5H3,(H2,64,66,78)(H2,62,63,65,77). The number of fused-ring (bicyclic) bond motifs is 6. The van der Waals surface area contributed by atoms with E-state index in [0.717, 1.165) is 25.7 Å². The molecule has 22 nitrogen and oxygen atoms in total. The Kier molecular flexibility index (Phi) is 14.3. The third-order valence-corrected chi connectivity index (χ3v) is 15.8. The van der Waals surface area contributed by atoms with Gasteiger partial charge < -0.3 is 59.8 Å². The largest absolute Gasteiger partial charge is 0.469 e. The molecule has 5 unspecified atom stereocenters. The van der Waals surface area contributed by atoms with Crippen molar-refractivity contribution >= 4 is 58.5 Å². The summed E-state index contributed by atoms with van der Waals surface area (Å²) in [4.78, 5) is 91.5. The van der Waals surface area contributed by atoms with Crippen molar-refractivity contribution in [2.75, 3.05) is 83.7 Å². The highest BCUT2D eigenvalue weighted by molar-refractivity contribution is 6.05. The zero-order valence-electron chi connectivity index (χ0n) is 46.0. The van der Waals surface area contributed by atoms with Crippen LogP contribution >= 0.6 is 0 Å². The van der Waals surface area contributed by atoms with E-state index in [9.17, 15) is 19.2 Å². The molecular formula is C58H62F2N14O8. The minimum Gasteiger partial charge on any atom is -0.469 e. The van der Waals surface area contributed by atoms with Gasteiger partial charge in [-0.1, -0.05) is 12.1 Å². The zero-order valence-corrected chi connectivity index (χ0v) is 46.0. The Morgan fingerprint density at radius 3 is 1.63 bits per heavy atom. The lowest BCUT2D eigenvalue weighted by atomic mass is 9.98. The van der Waals surface area contributed by atoms with Gasteiger partial charge in [0.15, 0.2) is 0 Å². The summed E-state index contributed by atoms with van der Waals surface area (Å²) in [5.41, 5.74) is 0.122. The highest BCUT2D eigenvalue weighted by Crippen LogP contribution is 2.43. The van der Waals surface area contributed by atoms with Crippen LogP contribution in [0.1, 0.15) is 86.7 Å². The number of halogens is 2. The van der Waals surface area contributed by atoms with E-state index in [2.05, 4.69) is 41.0 Å². The first-order chi connectivity index (χ1) is 39.5. The second-order valence-electron chi connectivity index (χ2n) is 22.3. The van der Waals surface area contributed by atoms with Gasteiger partial charge in [0.1, 0.15) is 34.0 Å². The normalized spacial score (nSPS) is 22.5. The number of morpholine rings is 2. The average Bonchev–Trinajstić information content (AvgIpc) is 3.69. The molecule has 6 aliphatic heterocycles. The summed E-state index contributed by atoms with van der Waals surface area (Å²) in [6, 6.07) is 13.6. The molecule has 0 spiro atoms. The minimum absolute atomic E-state index is 0.000787. The zero-order chi connectivity index (χ0) is 57.0. The van der Waals surface area contributed by atoms with Gasteiger partial charge in [0.25, 0.3) is 11.8 Å². The van der Waals surface area contributed by atoms with Crippen molar-refractivity contribution < 1.29 is 46.9 Å². The highest BCUT2D eigenvalue weighted by Gasteiger charge is 2.45. The highest BCUT2D eigenvalue weighted by atomic mass is 19.1. The van der Waals surface area contributed by atoms with Crippen LogP contribution in [0.2, 0.25) is 0 Å². The van der Waals surface area contributed by atoms with Gasteiger partial charge in [-0.3, -0.25) is 19.6 Å². The number of hydrogen-bond donors (Lipinski definition) is 4. The molecule has 6 amide bonds. The monoisotopic (exact) mass is 1120 g/mol. The summed E-state index contributed by atoms with van der Waals surface area (Å²) in [5.74, 6) is -1.51. The molecule has 5 atom stereocenters. The molecule has 10 heterocycles. The Morgan fingerprint density at radius 2 is 1.13 bits per heavy atom. The lowest BCUT2D eigenvalue weighted by molar-refractivity contribution is 0.0440. The third kappa shape index (κ3) is 10.6. The number of pyridine rings is 2. The van der Waals surface area contributed by atoms with Crippen molar-refractivity contribution in [2.45, 2.75) is 102 Å². The summed E-state index contributed by atoms with van der Waals surface area (Å²) < 4.78 is 57.6. The molecule has 2 aromatic carbocycles. The van der Waals surface area contributed by atoms with Gasteiger partial charge in [-0.25, -0.2) is 28.3 Å². The molecule has 24 heteroatoms. The number of ether oxygens (including phenoxy) is 4. The van der Waals surface area contributed by atoms with E-state index in [4.69, 9.17) is 38.9 Å². The fourth-order valence-electron chi connectivity index (χ4n) is 12.0. The molecule has 4 fully saturated rings. The molecule has 4 N–H and O–H groups in total. The molecular weight excluding hydrogens is 1060 g/mol. The van der Waals surface area contributed by atoms with Crippen LogP contribution in [0.15, 0.2) is 79.3 Å². The minimum atomic E-state index is -1.17. The number of nitrogens with zero attached hydrogens (tertiary/aromatic N) is 10. The molecule has 4 bridgehead atoms. The van der Waals surface area contributed by atoms with Crippen molar-refractivity contribution in [3.63, 3.8) is 0 Å². The lowest BCUT2D eigenvalue weighted by Gasteiger charge is -2.35. The molecule has 0 aliphatic carbocycles.